The number of halogens is 2. The number of para-hydroxylation sites is 1. The second-order valence-electron chi connectivity index (χ2n) is 4.18. The number of hydrogen-bond donors (Lipinski definition) is 1. The smallest absolute Gasteiger partial charge is 0.265 e. The fourth-order valence-corrected chi connectivity index (χ4v) is 1.95. The van der Waals surface area contributed by atoms with Crippen molar-refractivity contribution in [3.05, 3.63) is 58.8 Å². The van der Waals surface area contributed by atoms with Crippen LogP contribution in [0.2, 0.25) is 0 Å². The van der Waals surface area contributed by atoms with E-state index in [1.165, 1.54) is 24.3 Å². The van der Waals surface area contributed by atoms with E-state index in [0.29, 0.717) is 11.4 Å². The molecule has 1 N–H and O–H groups in total. The molecule has 1 atom stereocenters. The number of benzene rings is 2. The summed E-state index contributed by atoms with van der Waals surface area (Å²) in [4.78, 5) is 12.0. The highest BCUT2D eigenvalue weighted by Crippen LogP contribution is 2.21. The van der Waals surface area contributed by atoms with Crippen LogP contribution in [0, 0.1) is 5.82 Å². The molecule has 0 fully saturated rings. The van der Waals surface area contributed by atoms with Crippen molar-refractivity contribution in [2.24, 2.45) is 0 Å². The minimum absolute atomic E-state index is 0.277. The number of carbonyl (C=O) groups excluding carboxylic acids is 1. The molecule has 0 aliphatic carbocycles. The third kappa shape index (κ3) is 3.81. The second-order valence-corrected chi connectivity index (χ2v) is 5.04. The number of anilines is 1. The van der Waals surface area contributed by atoms with E-state index in [1.807, 2.05) is 18.2 Å². The zero-order chi connectivity index (χ0) is 14.5. The summed E-state index contributed by atoms with van der Waals surface area (Å²) in [6.45, 7) is 1.63. The Morgan fingerprint density at radius 3 is 2.50 bits per heavy atom. The first-order chi connectivity index (χ1) is 9.56. The average Bonchev–Trinajstić information content (AvgIpc) is 2.44. The molecule has 2 aromatic carbocycles. The summed E-state index contributed by atoms with van der Waals surface area (Å²) >= 11 is 3.35. The Hall–Kier alpha value is -1.88. The molecule has 2 aromatic rings. The van der Waals surface area contributed by atoms with Crippen molar-refractivity contribution in [2.75, 3.05) is 5.32 Å². The third-order valence-corrected chi connectivity index (χ3v) is 3.32. The predicted molar refractivity (Wildman–Crippen MR) is 79.3 cm³/mol. The Labute approximate surface area is 124 Å². The van der Waals surface area contributed by atoms with Crippen LogP contribution in [0.5, 0.6) is 5.75 Å². The lowest BCUT2D eigenvalue weighted by atomic mass is 10.3. The fourth-order valence-electron chi connectivity index (χ4n) is 1.57. The van der Waals surface area contributed by atoms with E-state index < -0.39 is 6.10 Å². The topological polar surface area (TPSA) is 38.3 Å². The van der Waals surface area contributed by atoms with Crippen molar-refractivity contribution >= 4 is 27.5 Å². The van der Waals surface area contributed by atoms with Crippen LogP contribution in [-0.2, 0) is 4.79 Å². The highest BCUT2D eigenvalue weighted by atomic mass is 79.9. The lowest BCUT2D eigenvalue weighted by Gasteiger charge is -2.15. The van der Waals surface area contributed by atoms with Gasteiger partial charge in [-0.05, 0) is 59.3 Å². The Morgan fingerprint density at radius 1 is 1.20 bits per heavy atom. The van der Waals surface area contributed by atoms with Crippen LogP contribution in [0.4, 0.5) is 10.1 Å². The molecule has 0 spiro atoms. The van der Waals surface area contributed by atoms with Crippen LogP contribution in [-0.4, -0.2) is 12.0 Å². The lowest BCUT2D eigenvalue weighted by molar-refractivity contribution is -0.122. The maximum absolute atomic E-state index is 12.8. The van der Waals surface area contributed by atoms with Crippen molar-refractivity contribution < 1.29 is 13.9 Å². The van der Waals surface area contributed by atoms with Crippen molar-refractivity contribution in [2.45, 2.75) is 13.0 Å². The molecule has 3 nitrogen and oxygen atoms in total. The van der Waals surface area contributed by atoms with Crippen molar-refractivity contribution in [3.63, 3.8) is 0 Å². The third-order valence-electron chi connectivity index (χ3n) is 2.63. The van der Waals surface area contributed by atoms with E-state index in [9.17, 15) is 9.18 Å². The summed E-state index contributed by atoms with van der Waals surface area (Å²) in [5.41, 5.74) is 0.673. The molecular formula is C15H13BrFNO2. The summed E-state index contributed by atoms with van der Waals surface area (Å²) in [6.07, 6.45) is -0.687. The van der Waals surface area contributed by atoms with E-state index in [2.05, 4.69) is 21.2 Å². The first-order valence-corrected chi connectivity index (χ1v) is 6.83. The van der Waals surface area contributed by atoms with Gasteiger partial charge >= 0.3 is 0 Å². The minimum atomic E-state index is -0.687. The number of rotatable bonds is 4. The molecule has 0 aromatic heterocycles. The van der Waals surface area contributed by atoms with Crippen LogP contribution in [0.1, 0.15) is 6.92 Å². The Morgan fingerprint density at radius 2 is 1.85 bits per heavy atom. The zero-order valence-corrected chi connectivity index (χ0v) is 12.4. The van der Waals surface area contributed by atoms with E-state index in [0.717, 1.165) is 4.47 Å². The summed E-state index contributed by atoms with van der Waals surface area (Å²) in [6, 6.07) is 12.8. The molecule has 0 unspecified atom stereocenters. The maximum atomic E-state index is 12.8. The van der Waals surface area contributed by atoms with Crippen LogP contribution < -0.4 is 10.1 Å². The molecule has 0 aliphatic heterocycles. The van der Waals surface area contributed by atoms with Gasteiger partial charge in [-0.15, -0.1) is 0 Å². The van der Waals surface area contributed by atoms with Gasteiger partial charge in [-0.2, -0.15) is 0 Å². The van der Waals surface area contributed by atoms with Gasteiger partial charge in [0.05, 0.1) is 5.69 Å². The molecule has 104 valence electrons. The first-order valence-electron chi connectivity index (χ1n) is 6.04. The molecule has 2 rings (SSSR count). The monoisotopic (exact) mass is 337 g/mol. The zero-order valence-electron chi connectivity index (χ0n) is 10.8. The number of carbonyl (C=O) groups is 1. The summed E-state index contributed by atoms with van der Waals surface area (Å²) < 4.78 is 19.0. The van der Waals surface area contributed by atoms with Gasteiger partial charge in [-0.1, -0.05) is 12.1 Å². The summed E-state index contributed by atoms with van der Waals surface area (Å²) in [5, 5.41) is 2.76. The van der Waals surface area contributed by atoms with Gasteiger partial charge in [0.1, 0.15) is 11.6 Å². The molecular weight excluding hydrogens is 325 g/mol. The largest absolute Gasteiger partial charge is 0.481 e. The van der Waals surface area contributed by atoms with Crippen molar-refractivity contribution in [3.8, 4) is 5.75 Å². The summed E-state index contributed by atoms with van der Waals surface area (Å²) in [5.74, 6) is -0.176. The predicted octanol–water partition coefficient (Wildman–Crippen LogP) is 3.99. The molecule has 1 amide bonds. The van der Waals surface area contributed by atoms with Crippen molar-refractivity contribution in [1.29, 1.82) is 0 Å². The van der Waals surface area contributed by atoms with Gasteiger partial charge in [-0.25, -0.2) is 4.39 Å². The van der Waals surface area contributed by atoms with Crippen LogP contribution in [0.25, 0.3) is 0 Å². The normalized spacial score (nSPS) is 11.8. The minimum Gasteiger partial charge on any atom is -0.481 e. The molecule has 0 heterocycles. The number of nitrogens with one attached hydrogen (secondary N) is 1. The Kier molecular flexibility index (Phi) is 4.74. The first kappa shape index (κ1) is 14.5. The highest BCUT2D eigenvalue weighted by molar-refractivity contribution is 9.10. The second kappa shape index (κ2) is 6.52. The number of hydrogen-bond acceptors (Lipinski definition) is 2. The number of amides is 1. The van der Waals surface area contributed by atoms with Gasteiger partial charge in [0, 0.05) is 4.47 Å². The van der Waals surface area contributed by atoms with E-state index in [-0.39, 0.29) is 11.7 Å². The highest BCUT2D eigenvalue weighted by Gasteiger charge is 2.15. The van der Waals surface area contributed by atoms with Crippen LogP contribution >= 0.6 is 15.9 Å². The molecule has 20 heavy (non-hydrogen) atoms. The fraction of sp³-hybridized carbons (Fsp3) is 0.133. The Balaban J connectivity index is 1.99. The summed E-state index contributed by atoms with van der Waals surface area (Å²) in [7, 11) is 0. The molecule has 0 radical (unpaired) electrons. The van der Waals surface area contributed by atoms with Gasteiger partial charge in [-0.3, -0.25) is 4.79 Å². The molecule has 0 bridgehead atoms. The van der Waals surface area contributed by atoms with Gasteiger partial charge in [0.25, 0.3) is 5.91 Å². The molecule has 0 aliphatic rings. The van der Waals surface area contributed by atoms with Gasteiger partial charge < -0.3 is 10.1 Å². The van der Waals surface area contributed by atoms with Crippen LogP contribution in [0.3, 0.4) is 0 Å². The molecule has 5 heteroatoms. The van der Waals surface area contributed by atoms with Crippen LogP contribution in [0.15, 0.2) is 53.0 Å². The molecule has 0 saturated heterocycles. The standard InChI is InChI=1S/C15H13BrFNO2/c1-10(20-12-8-6-11(17)7-9-12)15(19)18-14-5-3-2-4-13(14)16/h2-10H,1H3,(H,18,19)/t10-/m0/s1. The van der Waals surface area contributed by atoms with E-state index in [1.54, 1.807) is 13.0 Å². The quantitative estimate of drug-likeness (QED) is 0.915. The number of ether oxygens (including phenoxy) is 1. The lowest BCUT2D eigenvalue weighted by Crippen LogP contribution is -2.30. The van der Waals surface area contributed by atoms with Gasteiger partial charge in [0.2, 0.25) is 0 Å². The van der Waals surface area contributed by atoms with Crippen molar-refractivity contribution in [1.82, 2.24) is 0 Å². The van der Waals surface area contributed by atoms with E-state index >= 15 is 0 Å². The average molecular weight is 338 g/mol. The SMILES string of the molecule is C[C@H](Oc1ccc(F)cc1)C(=O)Nc1ccccc1Br. The maximum Gasteiger partial charge on any atom is 0.265 e. The van der Waals surface area contributed by atoms with E-state index in [4.69, 9.17) is 4.74 Å². The Bertz CT molecular complexity index is 601. The van der Waals surface area contributed by atoms with Gasteiger partial charge in [0.15, 0.2) is 6.10 Å². The molecule has 0 saturated carbocycles.